The van der Waals surface area contributed by atoms with Crippen molar-refractivity contribution in [3.05, 3.63) is 168 Å². The summed E-state index contributed by atoms with van der Waals surface area (Å²) in [5.41, 5.74) is 2.16. The van der Waals surface area contributed by atoms with Crippen molar-refractivity contribution >= 4 is 18.7 Å². The van der Waals surface area contributed by atoms with Crippen LogP contribution in [-0.2, 0) is 24.2 Å². The zero-order valence-corrected chi connectivity index (χ0v) is 28.2. The minimum Gasteiger partial charge on any atom is -0.404 e. The van der Waals surface area contributed by atoms with Crippen LogP contribution in [0.1, 0.15) is 50.3 Å². The van der Waals surface area contributed by atoms with Gasteiger partial charge in [-0.2, -0.15) is 0 Å². The summed E-state index contributed by atoms with van der Waals surface area (Å²) in [4.78, 5) is 0. The van der Waals surface area contributed by atoms with Crippen LogP contribution in [-0.4, -0.2) is 34.1 Å². The van der Waals surface area contributed by atoms with E-state index in [0.29, 0.717) is 12.8 Å². The average molecular weight is 629 g/mol. The SMILES string of the molecule is CO[C@@H]1C[C@@H](O[Si](c2ccccc2)(c2ccccc2)C(C)(C)C)C[C@H](OC(c2ccccc2)(c2ccccc2)c2ccccc2)O1. The first-order valence-corrected chi connectivity index (χ1v) is 18.1. The summed E-state index contributed by atoms with van der Waals surface area (Å²) in [5, 5.41) is 2.34. The van der Waals surface area contributed by atoms with E-state index in [0.717, 1.165) is 16.7 Å². The Morgan fingerprint density at radius 3 is 1.28 bits per heavy atom. The maximum absolute atomic E-state index is 7.61. The molecule has 0 radical (unpaired) electrons. The van der Waals surface area contributed by atoms with Crippen molar-refractivity contribution in [3.63, 3.8) is 0 Å². The van der Waals surface area contributed by atoms with E-state index >= 15 is 0 Å². The molecule has 46 heavy (non-hydrogen) atoms. The van der Waals surface area contributed by atoms with Crippen LogP contribution in [0.2, 0.25) is 5.04 Å². The number of hydrogen-bond donors (Lipinski definition) is 0. The lowest BCUT2D eigenvalue weighted by Crippen LogP contribution is -2.68. The number of hydrogen-bond acceptors (Lipinski definition) is 4. The highest BCUT2D eigenvalue weighted by molar-refractivity contribution is 6.99. The summed E-state index contributed by atoms with van der Waals surface area (Å²) in [7, 11) is -1.13. The summed E-state index contributed by atoms with van der Waals surface area (Å²) in [6.45, 7) is 6.93. The predicted octanol–water partition coefficient (Wildman–Crippen LogP) is 8.05. The lowest BCUT2D eigenvalue weighted by atomic mass is 9.80. The van der Waals surface area contributed by atoms with Crippen LogP contribution in [0.4, 0.5) is 0 Å². The van der Waals surface area contributed by atoms with Gasteiger partial charge in [0.15, 0.2) is 12.6 Å². The molecule has 1 saturated heterocycles. The molecule has 0 spiro atoms. The highest BCUT2D eigenvalue weighted by Gasteiger charge is 2.53. The van der Waals surface area contributed by atoms with Crippen LogP contribution < -0.4 is 10.4 Å². The molecule has 1 fully saturated rings. The highest BCUT2D eigenvalue weighted by Crippen LogP contribution is 2.44. The molecule has 3 atom stereocenters. The molecule has 5 heteroatoms. The van der Waals surface area contributed by atoms with Gasteiger partial charge in [0.1, 0.15) is 5.60 Å². The standard InChI is InChI=1S/C41H44O4Si/c1-40(2,3)46(36-26-16-8-17-27-36,37-28-18-9-19-29-37)45-35-30-38(42-4)43-39(31-35)44-41(32-20-10-5-11-21-32,33-22-12-6-13-23-33)34-24-14-7-15-25-34/h5-29,35,38-39H,30-31H2,1-4H3/t35-,38+,39+/m1/s1. The predicted molar refractivity (Wildman–Crippen MR) is 188 cm³/mol. The van der Waals surface area contributed by atoms with Crippen LogP contribution in [0.3, 0.4) is 0 Å². The van der Waals surface area contributed by atoms with Crippen molar-refractivity contribution in [3.8, 4) is 0 Å². The van der Waals surface area contributed by atoms with Crippen LogP contribution in [0.5, 0.6) is 0 Å². The third kappa shape index (κ3) is 6.26. The molecular weight excluding hydrogens is 585 g/mol. The quantitative estimate of drug-likeness (QED) is 0.116. The van der Waals surface area contributed by atoms with E-state index < -0.39 is 26.5 Å². The van der Waals surface area contributed by atoms with E-state index in [2.05, 4.69) is 154 Å². The van der Waals surface area contributed by atoms with Gasteiger partial charge in [-0.15, -0.1) is 0 Å². The maximum Gasteiger partial charge on any atom is 0.261 e. The summed E-state index contributed by atoms with van der Waals surface area (Å²) < 4.78 is 27.5. The fourth-order valence-corrected chi connectivity index (χ4v) is 11.7. The Morgan fingerprint density at radius 1 is 0.543 bits per heavy atom. The number of benzene rings is 5. The number of ether oxygens (including phenoxy) is 3. The molecule has 0 N–H and O–H groups in total. The summed E-state index contributed by atoms with van der Waals surface area (Å²) in [6.07, 6.45) is -0.103. The smallest absolute Gasteiger partial charge is 0.261 e. The zero-order valence-electron chi connectivity index (χ0n) is 27.2. The molecule has 5 aromatic rings. The van der Waals surface area contributed by atoms with Crippen LogP contribution in [0.25, 0.3) is 0 Å². The molecule has 1 aliphatic rings. The van der Waals surface area contributed by atoms with Gasteiger partial charge in [0.05, 0.1) is 6.10 Å². The van der Waals surface area contributed by atoms with Gasteiger partial charge in [0.2, 0.25) is 0 Å². The second-order valence-corrected chi connectivity index (χ2v) is 17.3. The molecular formula is C41H44O4Si. The Morgan fingerprint density at radius 2 is 0.913 bits per heavy atom. The fraction of sp³-hybridized carbons (Fsp3) is 0.268. The van der Waals surface area contributed by atoms with Gasteiger partial charge < -0.3 is 18.6 Å². The van der Waals surface area contributed by atoms with Gasteiger partial charge in [0, 0.05) is 20.0 Å². The van der Waals surface area contributed by atoms with E-state index in [9.17, 15) is 0 Å². The Bertz CT molecular complexity index is 1500. The molecule has 0 aliphatic carbocycles. The molecule has 0 bridgehead atoms. The third-order valence-corrected chi connectivity index (χ3v) is 14.2. The number of methoxy groups -OCH3 is 1. The van der Waals surface area contributed by atoms with Gasteiger partial charge in [0.25, 0.3) is 8.32 Å². The molecule has 0 saturated carbocycles. The molecule has 1 heterocycles. The fourth-order valence-electron chi connectivity index (χ4n) is 6.99. The minimum atomic E-state index is -2.83. The Balaban J connectivity index is 1.44. The summed E-state index contributed by atoms with van der Waals surface area (Å²) in [6, 6.07) is 52.9. The Kier molecular flexibility index (Phi) is 9.69. The van der Waals surface area contributed by atoms with E-state index in [4.69, 9.17) is 18.6 Å². The lowest BCUT2D eigenvalue weighted by Gasteiger charge is -2.48. The van der Waals surface area contributed by atoms with Gasteiger partial charge in [-0.05, 0) is 32.1 Å². The highest BCUT2D eigenvalue weighted by atomic mass is 28.4. The van der Waals surface area contributed by atoms with Crippen LogP contribution >= 0.6 is 0 Å². The van der Waals surface area contributed by atoms with Crippen molar-refractivity contribution in [1.29, 1.82) is 0 Å². The molecule has 6 rings (SSSR count). The number of rotatable bonds is 10. The lowest BCUT2D eigenvalue weighted by molar-refractivity contribution is -0.295. The average Bonchev–Trinajstić information content (AvgIpc) is 3.11. The molecule has 4 nitrogen and oxygen atoms in total. The van der Waals surface area contributed by atoms with Crippen molar-refractivity contribution in [1.82, 2.24) is 0 Å². The maximum atomic E-state index is 7.61. The van der Waals surface area contributed by atoms with Crippen LogP contribution in [0, 0.1) is 0 Å². The molecule has 5 aromatic carbocycles. The van der Waals surface area contributed by atoms with Crippen molar-refractivity contribution in [2.24, 2.45) is 0 Å². The molecule has 236 valence electrons. The second kappa shape index (κ2) is 13.9. The van der Waals surface area contributed by atoms with Gasteiger partial charge in [-0.25, -0.2) is 0 Å². The van der Waals surface area contributed by atoms with Crippen molar-refractivity contribution < 1.29 is 18.6 Å². The summed E-state index contributed by atoms with van der Waals surface area (Å²) in [5.74, 6) is 0. The molecule has 0 aromatic heterocycles. The first-order chi connectivity index (χ1) is 22.4. The van der Waals surface area contributed by atoms with E-state index in [1.165, 1.54) is 10.4 Å². The van der Waals surface area contributed by atoms with Gasteiger partial charge in [-0.3, -0.25) is 0 Å². The second-order valence-electron chi connectivity index (χ2n) is 13.0. The minimum absolute atomic E-state index is 0.158. The third-order valence-electron chi connectivity index (χ3n) is 9.09. The Hall–Kier alpha value is -3.84. The first-order valence-electron chi connectivity index (χ1n) is 16.2. The normalized spacial score (nSPS) is 19.1. The van der Waals surface area contributed by atoms with Crippen molar-refractivity contribution in [2.45, 2.75) is 62.9 Å². The van der Waals surface area contributed by atoms with Gasteiger partial charge in [-0.1, -0.05) is 172 Å². The van der Waals surface area contributed by atoms with Gasteiger partial charge >= 0.3 is 0 Å². The monoisotopic (exact) mass is 628 g/mol. The largest absolute Gasteiger partial charge is 0.404 e. The zero-order chi connectivity index (χ0) is 32.0. The summed E-state index contributed by atoms with van der Waals surface area (Å²) >= 11 is 0. The van der Waals surface area contributed by atoms with E-state index in [1.54, 1.807) is 7.11 Å². The topological polar surface area (TPSA) is 36.9 Å². The van der Waals surface area contributed by atoms with E-state index in [1.807, 2.05) is 18.2 Å². The molecule has 0 unspecified atom stereocenters. The van der Waals surface area contributed by atoms with Crippen molar-refractivity contribution in [2.75, 3.05) is 7.11 Å². The van der Waals surface area contributed by atoms with E-state index in [-0.39, 0.29) is 11.1 Å². The van der Waals surface area contributed by atoms with Crippen LogP contribution in [0.15, 0.2) is 152 Å². The Labute approximate surface area is 275 Å². The molecule has 1 aliphatic heterocycles. The first kappa shape index (κ1) is 32.1. The molecule has 0 amide bonds.